The Bertz CT molecular complexity index is 390. The van der Waals surface area contributed by atoms with Crippen molar-refractivity contribution in [1.82, 2.24) is 0 Å². The molecule has 20 heavy (non-hydrogen) atoms. The zero-order chi connectivity index (χ0) is 14.4. The molecule has 0 saturated heterocycles. The van der Waals surface area contributed by atoms with E-state index in [1.165, 1.54) is 32.1 Å². The summed E-state index contributed by atoms with van der Waals surface area (Å²) in [6, 6.07) is 7.87. The van der Waals surface area contributed by atoms with Crippen LogP contribution in [-0.4, -0.2) is 19.8 Å². The van der Waals surface area contributed by atoms with Crippen LogP contribution in [0.3, 0.4) is 0 Å². The van der Waals surface area contributed by atoms with Crippen molar-refractivity contribution >= 4 is 0 Å². The molecule has 0 spiro atoms. The van der Waals surface area contributed by atoms with Crippen molar-refractivity contribution in [2.45, 2.75) is 51.2 Å². The highest BCUT2D eigenvalue weighted by Crippen LogP contribution is 2.29. The molecule has 0 heterocycles. The van der Waals surface area contributed by atoms with Crippen LogP contribution in [0.25, 0.3) is 0 Å². The molecule has 3 nitrogen and oxygen atoms in total. The minimum Gasteiger partial charge on any atom is -0.497 e. The van der Waals surface area contributed by atoms with Crippen LogP contribution in [0.15, 0.2) is 24.3 Å². The highest BCUT2D eigenvalue weighted by molar-refractivity contribution is 5.28. The van der Waals surface area contributed by atoms with Gasteiger partial charge in [-0.05, 0) is 36.5 Å². The fourth-order valence-corrected chi connectivity index (χ4v) is 2.95. The summed E-state index contributed by atoms with van der Waals surface area (Å²) in [6.45, 7) is 2.88. The molecule has 112 valence electrons. The molecule has 1 aromatic rings. The molecule has 1 aliphatic carbocycles. The van der Waals surface area contributed by atoms with E-state index in [1.54, 1.807) is 7.11 Å². The fourth-order valence-electron chi connectivity index (χ4n) is 2.95. The van der Waals surface area contributed by atoms with Crippen LogP contribution < -0.4 is 10.5 Å². The van der Waals surface area contributed by atoms with Gasteiger partial charge < -0.3 is 15.2 Å². The van der Waals surface area contributed by atoms with Gasteiger partial charge in [-0.3, -0.25) is 0 Å². The molecule has 1 aliphatic rings. The van der Waals surface area contributed by atoms with E-state index in [0.717, 1.165) is 17.2 Å². The molecule has 1 aromatic carbocycles. The molecule has 3 atom stereocenters. The second-order valence-corrected chi connectivity index (χ2v) is 5.78. The zero-order valence-corrected chi connectivity index (χ0v) is 12.7. The number of nitrogens with two attached hydrogens (primary N) is 1. The molecular formula is C17H27NO2. The van der Waals surface area contributed by atoms with Crippen molar-refractivity contribution in [3.63, 3.8) is 0 Å². The Morgan fingerprint density at radius 3 is 2.65 bits per heavy atom. The summed E-state index contributed by atoms with van der Waals surface area (Å²) < 4.78 is 11.2. The lowest BCUT2D eigenvalue weighted by Crippen LogP contribution is -2.26. The van der Waals surface area contributed by atoms with Gasteiger partial charge in [0.05, 0.1) is 25.9 Å². The minimum absolute atomic E-state index is 0.0529. The highest BCUT2D eigenvalue weighted by atomic mass is 16.5. The molecule has 0 aromatic heterocycles. The normalized spacial score (nSPS) is 24.4. The third-order valence-electron chi connectivity index (χ3n) is 4.37. The number of rotatable bonds is 6. The molecule has 0 aliphatic heterocycles. The molecule has 0 radical (unpaired) electrons. The van der Waals surface area contributed by atoms with Gasteiger partial charge in [-0.1, -0.05) is 38.3 Å². The third kappa shape index (κ3) is 4.22. The van der Waals surface area contributed by atoms with Crippen molar-refractivity contribution < 1.29 is 9.47 Å². The van der Waals surface area contributed by atoms with Crippen molar-refractivity contribution in [3.8, 4) is 5.75 Å². The molecule has 0 amide bonds. The number of hydrogen-bond donors (Lipinski definition) is 1. The Morgan fingerprint density at radius 1 is 1.25 bits per heavy atom. The average Bonchev–Trinajstić information content (AvgIpc) is 2.53. The van der Waals surface area contributed by atoms with E-state index in [1.807, 2.05) is 24.3 Å². The Labute approximate surface area is 122 Å². The predicted molar refractivity (Wildman–Crippen MR) is 81.9 cm³/mol. The van der Waals surface area contributed by atoms with E-state index < -0.39 is 0 Å². The molecular weight excluding hydrogens is 250 g/mol. The number of ether oxygens (including phenoxy) is 2. The molecule has 2 rings (SSSR count). The Balaban J connectivity index is 1.80. The molecule has 3 heteroatoms. The first-order valence-electron chi connectivity index (χ1n) is 7.74. The van der Waals surface area contributed by atoms with Crippen LogP contribution >= 0.6 is 0 Å². The Morgan fingerprint density at radius 2 is 2.00 bits per heavy atom. The van der Waals surface area contributed by atoms with E-state index >= 15 is 0 Å². The first-order chi connectivity index (χ1) is 9.72. The van der Waals surface area contributed by atoms with Gasteiger partial charge >= 0.3 is 0 Å². The van der Waals surface area contributed by atoms with Gasteiger partial charge in [0.1, 0.15) is 5.75 Å². The maximum Gasteiger partial charge on any atom is 0.118 e. The van der Waals surface area contributed by atoms with Crippen LogP contribution in [0, 0.1) is 5.92 Å². The van der Waals surface area contributed by atoms with Crippen LogP contribution in [0.4, 0.5) is 0 Å². The van der Waals surface area contributed by atoms with Crippen molar-refractivity contribution in [1.29, 1.82) is 0 Å². The van der Waals surface area contributed by atoms with Crippen LogP contribution in [-0.2, 0) is 4.74 Å². The molecule has 0 bridgehead atoms. The molecule has 1 saturated carbocycles. The number of hydrogen-bond acceptors (Lipinski definition) is 3. The van der Waals surface area contributed by atoms with Crippen LogP contribution in [0.1, 0.15) is 50.6 Å². The second-order valence-electron chi connectivity index (χ2n) is 5.78. The Kier molecular flexibility index (Phi) is 5.86. The zero-order valence-electron chi connectivity index (χ0n) is 12.7. The maximum atomic E-state index is 6.21. The van der Waals surface area contributed by atoms with Gasteiger partial charge in [-0.2, -0.15) is 0 Å². The van der Waals surface area contributed by atoms with Gasteiger partial charge in [0.2, 0.25) is 0 Å². The predicted octanol–water partition coefficient (Wildman–Crippen LogP) is 3.68. The van der Waals surface area contributed by atoms with E-state index in [0.29, 0.717) is 12.7 Å². The Hall–Kier alpha value is -1.06. The fraction of sp³-hybridized carbons (Fsp3) is 0.647. The maximum absolute atomic E-state index is 6.21. The SMILES string of the molecule is CCC1CCCC(OCC(N)c2ccc(OC)cc2)C1. The third-order valence-corrected chi connectivity index (χ3v) is 4.37. The van der Waals surface area contributed by atoms with Gasteiger partial charge in [0, 0.05) is 0 Å². The largest absolute Gasteiger partial charge is 0.497 e. The minimum atomic E-state index is -0.0529. The summed E-state index contributed by atoms with van der Waals surface area (Å²) in [6.07, 6.45) is 6.71. The molecule has 2 N–H and O–H groups in total. The van der Waals surface area contributed by atoms with Crippen molar-refractivity contribution in [2.75, 3.05) is 13.7 Å². The first-order valence-corrected chi connectivity index (χ1v) is 7.74. The van der Waals surface area contributed by atoms with Gasteiger partial charge in [0.25, 0.3) is 0 Å². The van der Waals surface area contributed by atoms with Crippen molar-refractivity contribution in [3.05, 3.63) is 29.8 Å². The summed E-state index contributed by atoms with van der Waals surface area (Å²) in [5, 5.41) is 0. The topological polar surface area (TPSA) is 44.5 Å². The van der Waals surface area contributed by atoms with Crippen molar-refractivity contribution in [2.24, 2.45) is 11.7 Å². The van der Waals surface area contributed by atoms with E-state index in [-0.39, 0.29) is 6.04 Å². The highest BCUT2D eigenvalue weighted by Gasteiger charge is 2.21. The summed E-state index contributed by atoms with van der Waals surface area (Å²) in [7, 11) is 1.67. The summed E-state index contributed by atoms with van der Waals surface area (Å²) >= 11 is 0. The average molecular weight is 277 g/mol. The standard InChI is InChI=1S/C17H27NO2/c1-3-13-5-4-6-16(11-13)20-12-17(18)14-7-9-15(19-2)10-8-14/h7-10,13,16-17H,3-6,11-12,18H2,1-2H3. The summed E-state index contributed by atoms with van der Waals surface area (Å²) in [5.74, 6) is 1.70. The molecule has 1 fully saturated rings. The number of methoxy groups -OCH3 is 1. The van der Waals surface area contributed by atoms with Gasteiger partial charge in [-0.25, -0.2) is 0 Å². The second kappa shape index (κ2) is 7.65. The lowest BCUT2D eigenvalue weighted by Gasteiger charge is -2.29. The van der Waals surface area contributed by atoms with Crippen LogP contribution in [0.2, 0.25) is 0 Å². The summed E-state index contributed by atoms with van der Waals surface area (Å²) in [5.41, 5.74) is 7.31. The summed E-state index contributed by atoms with van der Waals surface area (Å²) in [4.78, 5) is 0. The van der Waals surface area contributed by atoms with E-state index in [9.17, 15) is 0 Å². The monoisotopic (exact) mass is 277 g/mol. The quantitative estimate of drug-likeness (QED) is 0.862. The lowest BCUT2D eigenvalue weighted by atomic mass is 9.85. The smallest absolute Gasteiger partial charge is 0.118 e. The number of benzene rings is 1. The molecule has 3 unspecified atom stereocenters. The van der Waals surface area contributed by atoms with Crippen LogP contribution in [0.5, 0.6) is 5.75 Å². The van der Waals surface area contributed by atoms with Gasteiger partial charge in [-0.15, -0.1) is 0 Å². The lowest BCUT2D eigenvalue weighted by molar-refractivity contribution is 0.00561. The van der Waals surface area contributed by atoms with Gasteiger partial charge in [0.15, 0.2) is 0 Å². The first kappa shape index (κ1) is 15.3. The van der Waals surface area contributed by atoms with E-state index in [4.69, 9.17) is 15.2 Å². The van der Waals surface area contributed by atoms with E-state index in [2.05, 4.69) is 6.92 Å².